The minimum absolute atomic E-state index is 0.0160. The molecule has 0 spiro atoms. The molecular formula is C12H13N2O6P. The molecule has 8 nitrogen and oxygen atoms in total. The molecule has 1 aromatic carbocycles. The lowest BCUT2D eigenvalue weighted by Gasteiger charge is -2.22. The summed E-state index contributed by atoms with van der Waals surface area (Å²) in [6, 6.07) is 8.06. The number of nitrogens with zero attached hydrogens (tertiary/aromatic N) is 1. The first-order valence-corrected chi connectivity index (χ1v) is 7.67. The predicted molar refractivity (Wildman–Crippen MR) is 70.9 cm³/mol. The Bertz CT molecular complexity index is 575. The summed E-state index contributed by atoms with van der Waals surface area (Å²) < 4.78 is 22.6. The van der Waals surface area contributed by atoms with E-state index >= 15 is 0 Å². The van der Waals surface area contributed by atoms with Crippen molar-refractivity contribution in [2.45, 2.75) is 12.8 Å². The van der Waals surface area contributed by atoms with Crippen LogP contribution >= 0.6 is 7.75 Å². The van der Waals surface area contributed by atoms with Crippen molar-refractivity contribution >= 4 is 25.8 Å². The number of benzene rings is 1. The monoisotopic (exact) mass is 312 g/mol. The van der Waals surface area contributed by atoms with Crippen molar-refractivity contribution in [3.05, 3.63) is 30.3 Å². The highest BCUT2D eigenvalue weighted by Crippen LogP contribution is 2.45. The number of imide groups is 1. The number of carbonyl (C=O) groups is 3. The van der Waals surface area contributed by atoms with Gasteiger partial charge in [0.15, 0.2) is 0 Å². The molecule has 21 heavy (non-hydrogen) atoms. The highest BCUT2D eigenvalue weighted by molar-refractivity contribution is 7.52. The van der Waals surface area contributed by atoms with E-state index in [-0.39, 0.29) is 25.1 Å². The van der Waals surface area contributed by atoms with E-state index in [1.54, 1.807) is 18.2 Å². The Morgan fingerprint density at radius 3 is 2.38 bits per heavy atom. The number of rotatable bonds is 7. The second kappa shape index (κ2) is 6.62. The van der Waals surface area contributed by atoms with Gasteiger partial charge in [0.05, 0.1) is 6.54 Å². The number of hydrogen-bond acceptors (Lipinski definition) is 6. The third kappa shape index (κ3) is 3.98. The molecule has 2 amide bonds. The summed E-state index contributed by atoms with van der Waals surface area (Å²) in [6.07, 6.45) is 0.424. The average molecular weight is 312 g/mol. The van der Waals surface area contributed by atoms with Gasteiger partial charge in [-0.25, -0.2) is 9.65 Å². The molecule has 1 heterocycles. The first kappa shape index (κ1) is 15.4. The molecule has 1 unspecified atom stereocenters. The Hall–Kier alpha value is -2.02. The van der Waals surface area contributed by atoms with Crippen LogP contribution in [0.5, 0.6) is 5.75 Å². The first-order chi connectivity index (χ1) is 10.0. The fourth-order valence-electron chi connectivity index (χ4n) is 1.60. The molecule has 112 valence electrons. The van der Waals surface area contributed by atoms with E-state index in [1.807, 2.05) is 0 Å². The summed E-state index contributed by atoms with van der Waals surface area (Å²) in [5.41, 5.74) is 0. The van der Waals surface area contributed by atoms with Gasteiger partial charge < -0.3 is 9.32 Å². The van der Waals surface area contributed by atoms with Crippen LogP contribution < -0.4 is 9.61 Å². The maximum Gasteiger partial charge on any atom is 0.481 e. The van der Waals surface area contributed by atoms with Gasteiger partial charge in [-0.15, -0.1) is 5.06 Å². The number of amides is 2. The van der Waals surface area contributed by atoms with E-state index in [9.17, 15) is 18.9 Å². The van der Waals surface area contributed by atoms with Crippen LogP contribution in [0.3, 0.4) is 0 Å². The summed E-state index contributed by atoms with van der Waals surface area (Å²) in [5, 5.41) is 2.68. The average Bonchev–Trinajstić information content (AvgIpc) is 2.78. The lowest BCUT2D eigenvalue weighted by Crippen LogP contribution is -2.32. The van der Waals surface area contributed by atoms with Crippen LogP contribution in [0, 0.1) is 0 Å². The van der Waals surface area contributed by atoms with Gasteiger partial charge in [-0.2, -0.15) is 4.62 Å². The number of hydrogen-bond donors (Lipinski definition) is 1. The van der Waals surface area contributed by atoms with Gasteiger partial charge in [-0.3, -0.25) is 9.59 Å². The lowest BCUT2D eigenvalue weighted by atomic mass is 10.3. The van der Waals surface area contributed by atoms with Crippen molar-refractivity contribution in [1.82, 2.24) is 10.2 Å². The van der Waals surface area contributed by atoms with Gasteiger partial charge in [-0.05, 0) is 12.1 Å². The van der Waals surface area contributed by atoms with E-state index in [2.05, 4.69) is 5.09 Å². The molecule has 1 N–H and O–H groups in total. The fourth-order valence-corrected chi connectivity index (χ4v) is 2.85. The Kier molecular flexibility index (Phi) is 4.85. The molecule has 1 saturated heterocycles. The second-order valence-corrected chi connectivity index (χ2v) is 5.75. The third-order valence-electron chi connectivity index (χ3n) is 2.53. The molecule has 0 saturated carbocycles. The molecule has 0 bridgehead atoms. The number of aldehydes is 1. The van der Waals surface area contributed by atoms with Crippen molar-refractivity contribution in [3.63, 3.8) is 0 Å². The van der Waals surface area contributed by atoms with E-state index in [0.29, 0.717) is 11.3 Å². The normalized spacial score (nSPS) is 17.6. The molecule has 9 heteroatoms. The molecule has 2 rings (SSSR count). The molecule has 0 radical (unpaired) electrons. The first-order valence-electron chi connectivity index (χ1n) is 6.13. The maximum atomic E-state index is 12.5. The zero-order chi connectivity index (χ0) is 15.3. The lowest BCUT2D eigenvalue weighted by molar-refractivity contribution is -0.166. The topological polar surface area (TPSA) is 102 Å². The van der Waals surface area contributed by atoms with Crippen LogP contribution in [0.15, 0.2) is 30.3 Å². The third-order valence-corrected chi connectivity index (χ3v) is 3.93. The summed E-state index contributed by atoms with van der Waals surface area (Å²) in [5.74, 6) is -1.01. The van der Waals surface area contributed by atoms with Gasteiger partial charge in [0, 0.05) is 12.8 Å². The number of carbonyl (C=O) groups excluding carboxylic acids is 3. The highest BCUT2D eigenvalue weighted by Gasteiger charge is 2.39. The van der Waals surface area contributed by atoms with Gasteiger partial charge in [-0.1, -0.05) is 18.2 Å². The van der Waals surface area contributed by atoms with Crippen molar-refractivity contribution in [2.75, 3.05) is 6.54 Å². The SMILES string of the molecule is O=CCNP(=O)(Oc1ccccc1)ON1C(=O)CCC1=O. The molecule has 1 atom stereocenters. The largest absolute Gasteiger partial charge is 0.481 e. The van der Waals surface area contributed by atoms with Gasteiger partial charge >= 0.3 is 7.75 Å². The van der Waals surface area contributed by atoms with Crippen LogP contribution in [-0.4, -0.2) is 29.7 Å². The Morgan fingerprint density at radius 1 is 1.19 bits per heavy atom. The van der Waals surface area contributed by atoms with Gasteiger partial charge in [0.25, 0.3) is 11.8 Å². The predicted octanol–water partition coefficient (Wildman–Crippen LogP) is 1.04. The van der Waals surface area contributed by atoms with Crippen molar-refractivity contribution in [3.8, 4) is 5.75 Å². The molecule has 1 fully saturated rings. The number of para-hydroxylation sites is 1. The van der Waals surface area contributed by atoms with E-state index in [0.717, 1.165) is 0 Å². The molecule has 1 aliphatic heterocycles. The Labute approximate surface area is 120 Å². The van der Waals surface area contributed by atoms with Gasteiger partial charge in [0.2, 0.25) is 0 Å². The maximum absolute atomic E-state index is 12.5. The zero-order valence-electron chi connectivity index (χ0n) is 10.9. The minimum Gasteiger partial charge on any atom is -0.412 e. The van der Waals surface area contributed by atoms with Crippen LogP contribution in [-0.2, 0) is 23.6 Å². The van der Waals surface area contributed by atoms with E-state index < -0.39 is 19.6 Å². The molecule has 1 aromatic rings. The van der Waals surface area contributed by atoms with Gasteiger partial charge in [0.1, 0.15) is 12.0 Å². The van der Waals surface area contributed by atoms with Crippen molar-refractivity contribution in [2.24, 2.45) is 0 Å². The minimum atomic E-state index is -4.08. The quantitative estimate of drug-likeness (QED) is 0.456. The molecular weight excluding hydrogens is 299 g/mol. The van der Waals surface area contributed by atoms with E-state index in [4.69, 9.17) is 9.15 Å². The second-order valence-electron chi connectivity index (χ2n) is 4.09. The van der Waals surface area contributed by atoms with Crippen LogP contribution in [0.25, 0.3) is 0 Å². The zero-order valence-corrected chi connectivity index (χ0v) is 11.8. The molecule has 0 aromatic heterocycles. The summed E-state index contributed by atoms with van der Waals surface area (Å²) in [6.45, 7) is -0.319. The van der Waals surface area contributed by atoms with Crippen LogP contribution in [0.1, 0.15) is 12.8 Å². The Morgan fingerprint density at radius 2 is 1.81 bits per heavy atom. The smallest absolute Gasteiger partial charge is 0.412 e. The fraction of sp³-hybridized carbons (Fsp3) is 0.250. The number of nitrogens with one attached hydrogen (secondary N) is 1. The molecule has 1 aliphatic rings. The summed E-state index contributed by atoms with van der Waals surface area (Å²) in [7, 11) is -4.08. The number of hydroxylamine groups is 2. The van der Waals surface area contributed by atoms with E-state index in [1.165, 1.54) is 12.1 Å². The van der Waals surface area contributed by atoms with Crippen LogP contribution in [0.4, 0.5) is 0 Å². The van der Waals surface area contributed by atoms with Crippen molar-refractivity contribution in [1.29, 1.82) is 0 Å². The summed E-state index contributed by atoms with van der Waals surface area (Å²) in [4.78, 5) is 33.4. The van der Waals surface area contributed by atoms with Crippen molar-refractivity contribution < 1.29 is 28.1 Å². The standard InChI is InChI=1S/C12H13N2O6P/c15-9-8-13-21(18,19-10-4-2-1-3-5-10)20-14-11(16)6-7-12(14)17/h1-5,9H,6-8H2,(H,13,18). The highest BCUT2D eigenvalue weighted by atomic mass is 31.2. The molecule has 0 aliphatic carbocycles. The van der Waals surface area contributed by atoms with Crippen LogP contribution in [0.2, 0.25) is 0 Å². The summed E-state index contributed by atoms with van der Waals surface area (Å²) >= 11 is 0. The Balaban J connectivity index is 2.16.